The van der Waals surface area contributed by atoms with E-state index in [1.807, 2.05) is 6.26 Å². The van der Waals surface area contributed by atoms with Crippen LogP contribution in [0, 0.1) is 0 Å². The number of rotatable bonds is 1. The molecule has 1 aliphatic rings. The minimum atomic E-state index is -0.212. The highest BCUT2D eigenvalue weighted by Crippen LogP contribution is 2.32. The van der Waals surface area contributed by atoms with E-state index < -0.39 is 0 Å². The molecule has 0 radical (unpaired) electrons. The van der Waals surface area contributed by atoms with E-state index in [0.717, 1.165) is 0 Å². The van der Waals surface area contributed by atoms with Crippen LogP contribution in [0.3, 0.4) is 0 Å². The van der Waals surface area contributed by atoms with Crippen LogP contribution in [0.5, 0.6) is 0 Å². The molecule has 0 N–H and O–H groups in total. The number of hydrogen-bond donors (Lipinski definition) is 0. The van der Waals surface area contributed by atoms with Crippen molar-refractivity contribution in [3.8, 4) is 0 Å². The molecule has 3 rings (SSSR count). The van der Waals surface area contributed by atoms with Crippen molar-refractivity contribution in [3.05, 3.63) is 52.8 Å². The number of benzene rings is 1. The summed E-state index contributed by atoms with van der Waals surface area (Å²) in [4.78, 5) is 24.3. The molecule has 3 nitrogen and oxygen atoms in total. The summed E-state index contributed by atoms with van der Waals surface area (Å²) < 4.78 is 5.39. The molecule has 1 heterocycles. The third-order valence-electron chi connectivity index (χ3n) is 2.78. The smallest absolute Gasteiger partial charge is 0.229 e. The van der Waals surface area contributed by atoms with Gasteiger partial charge in [0.15, 0.2) is 16.6 Å². The lowest BCUT2D eigenvalue weighted by Crippen LogP contribution is -2.18. The summed E-state index contributed by atoms with van der Waals surface area (Å²) in [5.74, 6) is -0.187. The standard InChI is InChI=1S/C13H8O3S/c1-17-10-6-9-11(14)7-4-2-3-5-8(7)12(15)13(9)16-10/h2-6H,1H3. The van der Waals surface area contributed by atoms with Crippen LogP contribution in [0.1, 0.15) is 32.0 Å². The Kier molecular flexibility index (Phi) is 2.19. The molecule has 0 aliphatic heterocycles. The highest BCUT2D eigenvalue weighted by molar-refractivity contribution is 7.98. The second-order valence-corrected chi connectivity index (χ2v) is 4.53. The van der Waals surface area contributed by atoms with Crippen LogP contribution < -0.4 is 0 Å². The van der Waals surface area contributed by atoms with Gasteiger partial charge in [0.25, 0.3) is 0 Å². The average molecular weight is 244 g/mol. The normalized spacial score (nSPS) is 13.5. The van der Waals surface area contributed by atoms with E-state index in [1.165, 1.54) is 11.8 Å². The number of carbonyl (C=O) groups is 2. The van der Waals surface area contributed by atoms with Crippen LogP contribution in [0.25, 0.3) is 0 Å². The first-order valence-corrected chi connectivity index (χ1v) is 6.31. The Morgan fingerprint density at radius 1 is 1.00 bits per heavy atom. The van der Waals surface area contributed by atoms with Crippen molar-refractivity contribution in [1.29, 1.82) is 0 Å². The zero-order valence-corrected chi connectivity index (χ0v) is 9.84. The second kappa shape index (κ2) is 3.60. The number of hydrogen-bond acceptors (Lipinski definition) is 4. The van der Waals surface area contributed by atoms with Crippen LogP contribution in [0.15, 0.2) is 39.8 Å². The fourth-order valence-corrected chi connectivity index (χ4v) is 2.36. The minimum Gasteiger partial charge on any atom is -0.446 e. The summed E-state index contributed by atoms with van der Waals surface area (Å²) in [6.07, 6.45) is 1.84. The molecular formula is C13H8O3S. The summed E-state index contributed by atoms with van der Waals surface area (Å²) in [5.41, 5.74) is 1.25. The second-order valence-electron chi connectivity index (χ2n) is 3.72. The molecule has 1 aromatic carbocycles. The third-order valence-corrected chi connectivity index (χ3v) is 3.38. The molecule has 4 heteroatoms. The van der Waals surface area contributed by atoms with Crippen molar-refractivity contribution in [2.75, 3.05) is 6.26 Å². The van der Waals surface area contributed by atoms with Gasteiger partial charge in [-0.25, -0.2) is 0 Å². The molecule has 0 saturated carbocycles. The lowest BCUT2D eigenvalue weighted by atomic mass is 9.89. The van der Waals surface area contributed by atoms with E-state index in [1.54, 1.807) is 30.3 Å². The molecule has 0 amide bonds. The average Bonchev–Trinajstić information content (AvgIpc) is 2.80. The summed E-state index contributed by atoms with van der Waals surface area (Å²) in [6.45, 7) is 0. The fraction of sp³-hybridized carbons (Fsp3) is 0.0769. The molecule has 0 fully saturated rings. The Balaban J connectivity index is 2.27. The third kappa shape index (κ3) is 1.37. The zero-order valence-electron chi connectivity index (χ0n) is 9.02. The van der Waals surface area contributed by atoms with Gasteiger partial charge in [0.2, 0.25) is 5.78 Å². The van der Waals surface area contributed by atoms with Crippen molar-refractivity contribution in [1.82, 2.24) is 0 Å². The van der Waals surface area contributed by atoms with Gasteiger partial charge in [-0.2, -0.15) is 0 Å². The van der Waals surface area contributed by atoms with E-state index in [9.17, 15) is 9.59 Å². The maximum atomic E-state index is 12.2. The highest BCUT2D eigenvalue weighted by Gasteiger charge is 2.33. The van der Waals surface area contributed by atoms with Crippen LogP contribution in [0.4, 0.5) is 0 Å². The molecule has 0 saturated heterocycles. The van der Waals surface area contributed by atoms with Gasteiger partial charge >= 0.3 is 0 Å². The molecule has 0 atom stereocenters. The molecule has 1 aliphatic carbocycles. The summed E-state index contributed by atoms with van der Waals surface area (Å²) in [5, 5.41) is 0.588. The Hall–Kier alpha value is -1.81. The summed E-state index contributed by atoms with van der Waals surface area (Å²) >= 11 is 1.37. The maximum absolute atomic E-state index is 12.2. The summed E-state index contributed by atoms with van der Waals surface area (Å²) in [6, 6.07) is 8.46. The van der Waals surface area contributed by atoms with Crippen LogP contribution in [0.2, 0.25) is 0 Å². The lowest BCUT2D eigenvalue weighted by Gasteiger charge is -2.11. The quantitative estimate of drug-likeness (QED) is 0.617. The van der Waals surface area contributed by atoms with Crippen LogP contribution >= 0.6 is 11.8 Å². The van der Waals surface area contributed by atoms with Crippen molar-refractivity contribution >= 4 is 23.3 Å². The lowest BCUT2D eigenvalue weighted by molar-refractivity contribution is 0.0957. The monoisotopic (exact) mass is 244 g/mol. The Morgan fingerprint density at radius 2 is 1.65 bits per heavy atom. The highest BCUT2D eigenvalue weighted by atomic mass is 32.2. The van der Waals surface area contributed by atoms with E-state index >= 15 is 0 Å². The number of fused-ring (bicyclic) bond motifs is 2. The zero-order chi connectivity index (χ0) is 12.0. The predicted molar refractivity (Wildman–Crippen MR) is 63.8 cm³/mol. The minimum absolute atomic E-state index is 0.140. The topological polar surface area (TPSA) is 47.3 Å². The van der Waals surface area contributed by atoms with Crippen LogP contribution in [-0.4, -0.2) is 17.8 Å². The molecule has 0 spiro atoms. The van der Waals surface area contributed by atoms with E-state index in [0.29, 0.717) is 21.8 Å². The van der Waals surface area contributed by atoms with Gasteiger partial charge in [0.1, 0.15) is 0 Å². The van der Waals surface area contributed by atoms with E-state index in [2.05, 4.69) is 0 Å². The van der Waals surface area contributed by atoms with E-state index in [-0.39, 0.29) is 17.3 Å². The first-order chi connectivity index (χ1) is 8.22. The van der Waals surface area contributed by atoms with E-state index in [4.69, 9.17) is 4.42 Å². The maximum Gasteiger partial charge on any atom is 0.229 e. The molecule has 1 aromatic heterocycles. The number of thioether (sulfide) groups is 1. The van der Waals surface area contributed by atoms with Gasteiger partial charge in [0, 0.05) is 17.2 Å². The Morgan fingerprint density at radius 3 is 2.29 bits per heavy atom. The molecular weight excluding hydrogens is 236 g/mol. The molecule has 2 aromatic rings. The van der Waals surface area contributed by atoms with Gasteiger partial charge in [-0.1, -0.05) is 36.0 Å². The van der Waals surface area contributed by atoms with Gasteiger partial charge in [-0.3, -0.25) is 9.59 Å². The fourth-order valence-electron chi connectivity index (χ4n) is 1.95. The van der Waals surface area contributed by atoms with Crippen LogP contribution in [-0.2, 0) is 0 Å². The summed E-state index contributed by atoms with van der Waals surface area (Å²) in [7, 11) is 0. The largest absolute Gasteiger partial charge is 0.446 e. The Bertz CT molecular complexity index is 587. The molecule has 84 valence electrons. The molecule has 0 bridgehead atoms. The van der Waals surface area contributed by atoms with Crippen molar-refractivity contribution in [2.45, 2.75) is 5.09 Å². The van der Waals surface area contributed by atoms with Crippen molar-refractivity contribution in [3.63, 3.8) is 0 Å². The van der Waals surface area contributed by atoms with Gasteiger partial charge in [-0.15, -0.1) is 0 Å². The number of ketones is 2. The van der Waals surface area contributed by atoms with Crippen molar-refractivity contribution < 1.29 is 14.0 Å². The van der Waals surface area contributed by atoms with Crippen molar-refractivity contribution in [2.24, 2.45) is 0 Å². The predicted octanol–water partition coefficient (Wildman–Crippen LogP) is 2.78. The SMILES string of the molecule is CSc1cc2c(o1)C(=O)c1ccccc1C2=O. The molecule has 0 unspecified atom stereocenters. The number of carbonyl (C=O) groups excluding carboxylic acids is 2. The molecule has 17 heavy (non-hydrogen) atoms. The Labute approximate surface area is 102 Å². The number of furan rings is 1. The first-order valence-electron chi connectivity index (χ1n) is 5.08. The van der Waals surface area contributed by atoms with Gasteiger partial charge in [0.05, 0.1) is 5.56 Å². The first kappa shape index (κ1) is 10.4. The van der Waals surface area contributed by atoms with Gasteiger partial charge < -0.3 is 4.42 Å². The van der Waals surface area contributed by atoms with Gasteiger partial charge in [-0.05, 0) is 6.26 Å².